The minimum atomic E-state index is 0.258. The molecule has 0 unspecified atom stereocenters. The standard InChI is InChI=1S/C12H12Cl2N2O/c13-7-4-9(14)11-10(5-7)16-12(17-11)6-1-2-8(15)3-6/h4-6,8H,1-3,15H2/t6-,8+/m1/s1. The molecule has 0 radical (unpaired) electrons. The van der Waals surface area contributed by atoms with Crippen LogP contribution in [0, 0.1) is 0 Å². The molecule has 1 aliphatic carbocycles. The fourth-order valence-corrected chi connectivity index (χ4v) is 2.91. The molecule has 17 heavy (non-hydrogen) atoms. The van der Waals surface area contributed by atoms with Crippen molar-refractivity contribution in [3.8, 4) is 0 Å². The summed E-state index contributed by atoms with van der Waals surface area (Å²) in [6, 6.07) is 3.69. The maximum atomic E-state index is 6.07. The fourth-order valence-electron chi connectivity index (χ4n) is 2.39. The third kappa shape index (κ3) is 2.03. The van der Waals surface area contributed by atoms with E-state index in [4.69, 9.17) is 33.4 Å². The molecule has 0 spiro atoms. The summed E-state index contributed by atoms with van der Waals surface area (Å²) in [5.74, 6) is 1.05. The Bertz CT molecular complexity index is 567. The Labute approximate surface area is 109 Å². The first-order valence-electron chi connectivity index (χ1n) is 5.64. The van der Waals surface area contributed by atoms with Crippen LogP contribution < -0.4 is 5.73 Å². The molecule has 3 rings (SSSR count). The minimum absolute atomic E-state index is 0.258. The molecule has 1 aliphatic rings. The molecule has 2 atom stereocenters. The lowest BCUT2D eigenvalue weighted by Crippen LogP contribution is -2.14. The molecule has 1 saturated carbocycles. The van der Waals surface area contributed by atoms with E-state index >= 15 is 0 Å². The average Bonchev–Trinajstić information content (AvgIpc) is 2.83. The van der Waals surface area contributed by atoms with Crippen molar-refractivity contribution >= 4 is 34.3 Å². The summed E-state index contributed by atoms with van der Waals surface area (Å²) in [6.07, 6.45) is 2.98. The first-order chi connectivity index (χ1) is 8.13. The van der Waals surface area contributed by atoms with Gasteiger partial charge in [0.2, 0.25) is 0 Å². The normalized spacial score (nSPS) is 24.6. The highest BCUT2D eigenvalue weighted by molar-refractivity contribution is 6.37. The lowest BCUT2D eigenvalue weighted by Gasteiger charge is -2.02. The van der Waals surface area contributed by atoms with Gasteiger partial charge in [-0.05, 0) is 31.4 Å². The molecule has 0 aliphatic heterocycles. The Kier molecular flexibility index (Phi) is 2.77. The molecule has 2 aromatic rings. The highest BCUT2D eigenvalue weighted by Crippen LogP contribution is 2.36. The van der Waals surface area contributed by atoms with E-state index in [1.807, 2.05) is 0 Å². The van der Waals surface area contributed by atoms with Crippen molar-refractivity contribution in [2.45, 2.75) is 31.2 Å². The number of nitrogens with zero attached hydrogens (tertiary/aromatic N) is 1. The van der Waals surface area contributed by atoms with E-state index in [2.05, 4.69) is 4.98 Å². The van der Waals surface area contributed by atoms with Crippen molar-refractivity contribution in [1.29, 1.82) is 0 Å². The van der Waals surface area contributed by atoms with Crippen LogP contribution in [0.1, 0.15) is 31.1 Å². The quantitative estimate of drug-likeness (QED) is 0.859. The molecule has 1 aromatic heterocycles. The van der Waals surface area contributed by atoms with Crippen molar-refractivity contribution in [2.24, 2.45) is 5.73 Å². The number of hydrogen-bond acceptors (Lipinski definition) is 3. The maximum Gasteiger partial charge on any atom is 0.198 e. The van der Waals surface area contributed by atoms with Crippen LogP contribution in [0.3, 0.4) is 0 Å². The smallest absolute Gasteiger partial charge is 0.198 e. The molecule has 0 saturated heterocycles. The fraction of sp³-hybridized carbons (Fsp3) is 0.417. The van der Waals surface area contributed by atoms with Crippen molar-refractivity contribution in [1.82, 2.24) is 4.98 Å². The number of rotatable bonds is 1. The second-order valence-corrected chi connectivity index (χ2v) is 5.40. The molecule has 1 fully saturated rings. The Morgan fingerprint density at radius 3 is 2.82 bits per heavy atom. The largest absolute Gasteiger partial charge is 0.439 e. The lowest BCUT2D eigenvalue weighted by atomic mass is 10.1. The molecule has 1 aromatic carbocycles. The second-order valence-electron chi connectivity index (χ2n) is 4.56. The van der Waals surface area contributed by atoms with Crippen molar-refractivity contribution in [3.63, 3.8) is 0 Å². The Hall–Kier alpha value is -0.770. The average molecular weight is 271 g/mol. The van der Waals surface area contributed by atoms with Gasteiger partial charge in [0.25, 0.3) is 0 Å². The van der Waals surface area contributed by atoms with Crippen LogP contribution in [0.25, 0.3) is 11.1 Å². The zero-order valence-electron chi connectivity index (χ0n) is 9.12. The molecule has 3 nitrogen and oxygen atoms in total. The monoisotopic (exact) mass is 270 g/mol. The third-order valence-electron chi connectivity index (χ3n) is 3.25. The van der Waals surface area contributed by atoms with Crippen molar-refractivity contribution in [3.05, 3.63) is 28.1 Å². The van der Waals surface area contributed by atoms with E-state index in [0.717, 1.165) is 30.7 Å². The van der Waals surface area contributed by atoms with Gasteiger partial charge in [0, 0.05) is 17.0 Å². The molecule has 1 heterocycles. The molecular weight excluding hydrogens is 259 g/mol. The van der Waals surface area contributed by atoms with Gasteiger partial charge >= 0.3 is 0 Å². The summed E-state index contributed by atoms with van der Waals surface area (Å²) in [6.45, 7) is 0. The Balaban J connectivity index is 2.04. The van der Waals surface area contributed by atoms with Gasteiger partial charge in [-0.1, -0.05) is 23.2 Å². The number of halogens is 2. The van der Waals surface area contributed by atoms with Crippen LogP contribution in [0.2, 0.25) is 10.0 Å². The second kappa shape index (κ2) is 4.16. The van der Waals surface area contributed by atoms with Crippen molar-refractivity contribution < 1.29 is 4.42 Å². The maximum absolute atomic E-state index is 6.07. The SMILES string of the molecule is N[C@H]1CC[C@@H](c2nc3cc(Cl)cc(Cl)c3o2)C1. The summed E-state index contributed by atoms with van der Waals surface area (Å²) >= 11 is 12.0. The zero-order valence-corrected chi connectivity index (χ0v) is 10.6. The molecule has 90 valence electrons. The van der Waals surface area contributed by atoms with Crippen LogP contribution in [0.5, 0.6) is 0 Å². The van der Waals surface area contributed by atoms with Gasteiger partial charge in [0.05, 0.1) is 5.02 Å². The van der Waals surface area contributed by atoms with Gasteiger partial charge < -0.3 is 10.2 Å². The first-order valence-corrected chi connectivity index (χ1v) is 6.40. The highest BCUT2D eigenvalue weighted by Gasteiger charge is 2.27. The van der Waals surface area contributed by atoms with Crippen LogP contribution in [-0.4, -0.2) is 11.0 Å². The first kappa shape index (κ1) is 11.3. The van der Waals surface area contributed by atoms with Gasteiger partial charge in [-0.3, -0.25) is 0 Å². The van der Waals surface area contributed by atoms with Crippen LogP contribution in [0.15, 0.2) is 16.5 Å². The van der Waals surface area contributed by atoms with E-state index in [0.29, 0.717) is 21.5 Å². The van der Waals surface area contributed by atoms with E-state index in [1.165, 1.54) is 0 Å². The summed E-state index contributed by atoms with van der Waals surface area (Å²) in [5, 5.41) is 1.08. The van der Waals surface area contributed by atoms with E-state index in [1.54, 1.807) is 12.1 Å². The summed E-state index contributed by atoms with van der Waals surface area (Å²) in [5.41, 5.74) is 7.23. The Morgan fingerprint density at radius 1 is 1.29 bits per heavy atom. The number of aromatic nitrogens is 1. The lowest BCUT2D eigenvalue weighted by molar-refractivity contribution is 0.471. The molecule has 5 heteroatoms. The molecular formula is C12H12Cl2N2O. The van der Waals surface area contributed by atoms with E-state index in [-0.39, 0.29) is 6.04 Å². The number of hydrogen-bond donors (Lipinski definition) is 1. The molecule has 2 N–H and O–H groups in total. The predicted octanol–water partition coefficient (Wildman–Crippen LogP) is 3.73. The van der Waals surface area contributed by atoms with Crippen molar-refractivity contribution in [2.75, 3.05) is 0 Å². The van der Waals surface area contributed by atoms with Gasteiger partial charge in [-0.25, -0.2) is 4.98 Å². The van der Waals surface area contributed by atoms with Gasteiger partial charge in [-0.15, -0.1) is 0 Å². The Morgan fingerprint density at radius 2 is 2.12 bits per heavy atom. The van der Waals surface area contributed by atoms with Crippen LogP contribution in [0.4, 0.5) is 0 Å². The molecule has 0 amide bonds. The topological polar surface area (TPSA) is 52.0 Å². The van der Waals surface area contributed by atoms with Gasteiger partial charge in [-0.2, -0.15) is 0 Å². The van der Waals surface area contributed by atoms with Gasteiger partial charge in [0.1, 0.15) is 5.52 Å². The third-order valence-corrected chi connectivity index (χ3v) is 3.75. The number of oxazole rings is 1. The van der Waals surface area contributed by atoms with E-state index < -0.39 is 0 Å². The summed E-state index contributed by atoms with van der Waals surface area (Å²) < 4.78 is 5.73. The number of nitrogens with two attached hydrogens (primary N) is 1. The summed E-state index contributed by atoms with van der Waals surface area (Å²) in [7, 11) is 0. The minimum Gasteiger partial charge on any atom is -0.439 e. The number of benzene rings is 1. The zero-order chi connectivity index (χ0) is 12.0. The number of fused-ring (bicyclic) bond motifs is 1. The van der Waals surface area contributed by atoms with Crippen LogP contribution in [-0.2, 0) is 0 Å². The highest BCUT2D eigenvalue weighted by atomic mass is 35.5. The molecule has 0 bridgehead atoms. The predicted molar refractivity (Wildman–Crippen MR) is 68.6 cm³/mol. The van der Waals surface area contributed by atoms with Crippen LogP contribution >= 0.6 is 23.2 Å². The van der Waals surface area contributed by atoms with Gasteiger partial charge in [0.15, 0.2) is 11.5 Å². The van der Waals surface area contributed by atoms with E-state index in [9.17, 15) is 0 Å². The summed E-state index contributed by atoms with van der Waals surface area (Å²) in [4.78, 5) is 4.46.